The van der Waals surface area contributed by atoms with Crippen LogP contribution in [0.3, 0.4) is 0 Å². The molecule has 2 N–H and O–H groups in total. The Labute approximate surface area is 138 Å². The summed E-state index contributed by atoms with van der Waals surface area (Å²) >= 11 is 0. The van der Waals surface area contributed by atoms with E-state index in [4.69, 9.17) is 19.7 Å². The fourth-order valence-electron chi connectivity index (χ4n) is 1.78. The van der Waals surface area contributed by atoms with Gasteiger partial charge in [-0.05, 0) is 25.3 Å². The first-order chi connectivity index (χ1) is 11.1. The molecule has 0 saturated heterocycles. The summed E-state index contributed by atoms with van der Waals surface area (Å²) in [7, 11) is 0. The fraction of sp³-hybridized carbons (Fsp3) is 1.00. The van der Waals surface area contributed by atoms with E-state index in [0.717, 1.165) is 25.7 Å². The summed E-state index contributed by atoms with van der Waals surface area (Å²) in [4.78, 5) is 2.71. The Morgan fingerprint density at radius 3 is 2.39 bits per heavy atom. The predicted octanol–water partition coefficient (Wildman–Crippen LogP) is 2.38. The van der Waals surface area contributed by atoms with Crippen molar-refractivity contribution in [3.05, 3.63) is 10.4 Å². The number of hydrogen-bond donors (Lipinski definition) is 2. The molecule has 0 amide bonds. The molecule has 0 radical (unpaired) electrons. The van der Waals surface area contributed by atoms with Gasteiger partial charge < -0.3 is 24.4 Å². The first-order valence-electron chi connectivity index (χ1n) is 8.28. The van der Waals surface area contributed by atoms with E-state index in [1.165, 1.54) is 0 Å². The molecular weight excluding hydrogens is 302 g/mol. The molecular formula is C15H31N3O5. The van der Waals surface area contributed by atoms with Crippen LogP contribution in [0.4, 0.5) is 0 Å². The van der Waals surface area contributed by atoms with E-state index in [2.05, 4.69) is 16.9 Å². The highest BCUT2D eigenvalue weighted by atomic mass is 16.6. The zero-order valence-electron chi connectivity index (χ0n) is 14.4. The summed E-state index contributed by atoms with van der Waals surface area (Å²) in [6.45, 7) is 6.72. The monoisotopic (exact) mass is 333 g/mol. The van der Waals surface area contributed by atoms with Gasteiger partial charge in [0.25, 0.3) is 0 Å². The van der Waals surface area contributed by atoms with Crippen molar-refractivity contribution in [2.75, 3.05) is 26.4 Å². The van der Waals surface area contributed by atoms with Gasteiger partial charge in [0, 0.05) is 18.1 Å². The van der Waals surface area contributed by atoms with Crippen LogP contribution in [0.2, 0.25) is 0 Å². The zero-order chi connectivity index (χ0) is 17.5. The number of rotatable bonds is 15. The lowest BCUT2D eigenvalue weighted by Gasteiger charge is -2.27. The Balaban J connectivity index is 4.42. The Hall–Kier alpha value is -0.890. The number of nitrogens with zero attached hydrogens (tertiary/aromatic N) is 3. The predicted molar refractivity (Wildman–Crippen MR) is 86.9 cm³/mol. The van der Waals surface area contributed by atoms with E-state index >= 15 is 0 Å². The van der Waals surface area contributed by atoms with Crippen LogP contribution in [-0.2, 0) is 14.2 Å². The number of aliphatic hydroxyl groups excluding tert-OH is 2. The second-order valence-electron chi connectivity index (χ2n) is 5.38. The van der Waals surface area contributed by atoms with Gasteiger partial charge in [-0.2, -0.15) is 0 Å². The molecule has 0 aromatic carbocycles. The van der Waals surface area contributed by atoms with Gasteiger partial charge >= 0.3 is 0 Å². The Morgan fingerprint density at radius 1 is 1.17 bits per heavy atom. The highest BCUT2D eigenvalue weighted by molar-refractivity contribution is 4.74. The minimum Gasteiger partial charge on any atom is -0.394 e. The molecule has 136 valence electrons. The number of unbranched alkanes of at least 4 members (excludes halogenated alkanes) is 2. The fourth-order valence-corrected chi connectivity index (χ4v) is 1.78. The quantitative estimate of drug-likeness (QED) is 0.157. The maximum Gasteiger partial charge on any atom is 0.165 e. The molecule has 0 saturated carbocycles. The van der Waals surface area contributed by atoms with Crippen LogP contribution in [0, 0.1) is 0 Å². The topological polar surface area (TPSA) is 117 Å². The van der Waals surface area contributed by atoms with Crippen molar-refractivity contribution >= 4 is 0 Å². The molecule has 0 fully saturated rings. The second-order valence-corrected chi connectivity index (χ2v) is 5.38. The highest BCUT2D eigenvalue weighted by Crippen LogP contribution is 2.11. The maximum absolute atomic E-state index is 10.1. The van der Waals surface area contributed by atoms with Gasteiger partial charge in [0.1, 0.15) is 12.1 Å². The number of ether oxygens (including phenoxy) is 3. The van der Waals surface area contributed by atoms with Crippen LogP contribution in [0.25, 0.3) is 10.4 Å². The Morgan fingerprint density at radius 2 is 1.83 bits per heavy atom. The van der Waals surface area contributed by atoms with Gasteiger partial charge in [-0.1, -0.05) is 31.8 Å². The molecule has 8 heteroatoms. The summed E-state index contributed by atoms with van der Waals surface area (Å²) in [6.07, 6.45) is 1.36. The van der Waals surface area contributed by atoms with E-state index in [0.29, 0.717) is 13.2 Å². The van der Waals surface area contributed by atoms with Gasteiger partial charge in [0.2, 0.25) is 0 Å². The normalized spacial score (nSPS) is 16.4. The summed E-state index contributed by atoms with van der Waals surface area (Å²) < 4.78 is 16.3. The first-order valence-corrected chi connectivity index (χ1v) is 8.28. The van der Waals surface area contributed by atoms with Crippen molar-refractivity contribution in [2.45, 2.75) is 71.0 Å². The molecule has 23 heavy (non-hydrogen) atoms. The average Bonchev–Trinajstić information content (AvgIpc) is 2.55. The molecule has 8 nitrogen and oxygen atoms in total. The van der Waals surface area contributed by atoms with Crippen molar-refractivity contribution in [1.29, 1.82) is 0 Å². The second kappa shape index (κ2) is 14.7. The van der Waals surface area contributed by atoms with E-state index in [-0.39, 0.29) is 19.3 Å². The maximum atomic E-state index is 10.1. The van der Waals surface area contributed by atoms with Crippen molar-refractivity contribution in [2.24, 2.45) is 5.11 Å². The molecule has 0 aliphatic carbocycles. The molecule has 0 aliphatic rings. The minimum atomic E-state index is -1.36. The summed E-state index contributed by atoms with van der Waals surface area (Å²) in [5.74, 6) is 0. The zero-order valence-corrected chi connectivity index (χ0v) is 14.4. The largest absolute Gasteiger partial charge is 0.394 e. The average molecular weight is 333 g/mol. The summed E-state index contributed by atoms with van der Waals surface area (Å²) in [6, 6.07) is -0.867. The lowest BCUT2D eigenvalue weighted by Crippen LogP contribution is -2.41. The number of aliphatic hydroxyl groups is 2. The molecule has 0 aliphatic heterocycles. The smallest absolute Gasteiger partial charge is 0.165 e. The standard InChI is InChI=1S/C15H31N3O5/c1-4-6-8-21-11-13(17-18-16)15(20)23-14(10-19)12(3)22-9-7-5-2/h12-15,19-20H,4-11H2,1-3H3/t12-,13?,14?,15?/m0/s1. The SMILES string of the molecule is CCCCOCC(N=[N+]=[N-])C(O)OC(CO)[C@H](C)OCCCC. The molecule has 3 unspecified atom stereocenters. The van der Waals surface area contributed by atoms with Gasteiger partial charge in [0.15, 0.2) is 6.29 Å². The van der Waals surface area contributed by atoms with E-state index < -0.39 is 18.4 Å². The van der Waals surface area contributed by atoms with Gasteiger partial charge in [-0.25, -0.2) is 0 Å². The van der Waals surface area contributed by atoms with E-state index in [1.807, 2.05) is 6.92 Å². The van der Waals surface area contributed by atoms with Crippen molar-refractivity contribution in [3.63, 3.8) is 0 Å². The van der Waals surface area contributed by atoms with Crippen LogP contribution in [-0.4, -0.2) is 61.2 Å². The highest BCUT2D eigenvalue weighted by Gasteiger charge is 2.26. The molecule has 0 heterocycles. The minimum absolute atomic E-state index is 0.0639. The molecule has 0 aromatic rings. The van der Waals surface area contributed by atoms with E-state index in [9.17, 15) is 10.2 Å². The van der Waals surface area contributed by atoms with Crippen molar-refractivity contribution in [3.8, 4) is 0 Å². The van der Waals surface area contributed by atoms with E-state index in [1.54, 1.807) is 6.92 Å². The van der Waals surface area contributed by atoms with Gasteiger partial charge in [-0.15, -0.1) is 0 Å². The van der Waals surface area contributed by atoms with Crippen LogP contribution >= 0.6 is 0 Å². The Bertz CT molecular complexity index is 326. The molecule has 0 aromatic heterocycles. The number of hydrogen-bond acceptors (Lipinski definition) is 6. The van der Waals surface area contributed by atoms with Gasteiger partial charge in [0.05, 0.1) is 19.3 Å². The van der Waals surface area contributed by atoms with Crippen LogP contribution < -0.4 is 0 Å². The third kappa shape index (κ3) is 10.5. The Kier molecular flexibility index (Phi) is 14.1. The van der Waals surface area contributed by atoms with Crippen LogP contribution in [0.15, 0.2) is 5.11 Å². The van der Waals surface area contributed by atoms with Crippen molar-refractivity contribution < 1.29 is 24.4 Å². The molecule has 4 atom stereocenters. The van der Waals surface area contributed by atoms with Crippen LogP contribution in [0.1, 0.15) is 46.5 Å². The number of azide groups is 1. The van der Waals surface area contributed by atoms with Crippen LogP contribution in [0.5, 0.6) is 0 Å². The first kappa shape index (κ1) is 22.1. The summed E-state index contributed by atoms with van der Waals surface area (Å²) in [5, 5.41) is 23.0. The molecule has 0 rings (SSSR count). The van der Waals surface area contributed by atoms with Gasteiger partial charge in [-0.3, -0.25) is 0 Å². The third-order valence-electron chi connectivity index (χ3n) is 3.36. The lowest BCUT2D eigenvalue weighted by molar-refractivity contribution is -0.194. The summed E-state index contributed by atoms with van der Waals surface area (Å²) in [5.41, 5.74) is 8.59. The molecule has 0 bridgehead atoms. The lowest BCUT2D eigenvalue weighted by atomic mass is 10.2. The molecule has 0 spiro atoms. The van der Waals surface area contributed by atoms with Crippen molar-refractivity contribution in [1.82, 2.24) is 0 Å². The third-order valence-corrected chi connectivity index (χ3v) is 3.36.